The first kappa shape index (κ1) is 17.9. The molecule has 0 aromatic heterocycles. The Morgan fingerprint density at radius 1 is 0.850 bits per heavy atom. The first-order valence-electron chi connectivity index (χ1n) is 7.96. The number of hydrogen-bond donors (Lipinski definition) is 1. The van der Waals surface area contributed by atoms with Crippen molar-refractivity contribution in [3.8, 4) is 0 Å². The highest BCUT2D eigenvalue weighted by atomic mass is 35.5. The van der Waals surface area contributed by atoms with Crippen molar-refractivity contribution < 1.29 is 9.90 Å². The topological polar surface area (TPSA) is 43.8 Å². The van der Waals surface area contributed by atoms with Gasteiger partial charge < -0.3 is 14.9 Å². The lowest BCUT2D eigenvalue weighted by molar-refractivity contribution is -0.111. The first-order valence-corrected chi connectivity index (χ1v) is 8.34. The molecule has 0 amide bonds. The maximum Gasteiger partial charge on any atom is 0.221 e. The molecular weight excluding hydrogens is 276 g/mol. The number of aliphatic hydroxyl groups is 1. The SMILES string of the molecule is O=C(Cl)CCCCN1CCN(CCCCCCO)CC1. The van der Waals surface area contributed by atoms with Crippen LogP contribution in [0.1, 0.15) is 44.9 Å². The smallest absolute Gasteiger partial charge is 0.221 e. The van der Waals surface area contributed by atoms with E-state index in [2.05, 4.69) is 9.80 Å². The Hall–Kier alpha value is -0.160. The second kappa shape index (κ2) is 11.5. The van der Waals surface area contributed by atoms with E-state index in [9.17, 15) is 4.79 Å². The van der Waals surface area contributed by atoms with E-state index in [-0.39, 0.29) is 5.24 Å². The zero-order chi connectivity index (χ0) is 14.6. The molecule has 1 aliphatic rings. The van der Waals surface area contributed by atoms with E-state index in [4.69, 9.17) is 16.7 Å². The Kier molecular flexibility index (Phi) is 10.3. The number of rotatable bonds is 11. The minimum Gasteiger partial charge on any atom is -0.396 e. The maximum atomic E-state index is 10.6. The molecule has 0 spiro atoms. The maximum absolute atomic E-state index is 10.6. The van der Waals surface area contributed by atoms with Crippen LogP contribution < -0.4 is 0 Å². The van der Waals surface area contributed by atoms with Crippen molar-refractivity contribution in [2.24, 2.45) is 0 Å². The molecule has 0 aromatic carbocycles. The fraction of sp³-hybridized carbons (Fsp3) is 0.933. The molecule has 118 valence electrons. The van der Waals surface area contributed by atoms with E-state index in [1.807, 2.05) is 0 Å². The monoisotopic (exact) mass is 304 g/mol. The summed E-state index contributed by atoms with van der Waals surface area (Å²) in [7, 11) is 0. The zero-order valence-corrected chi connectivity index (χ0v) is 13.3. The van der Waals surface area contributed by atoms with Gasteiger partial charge in [0, 0.05) is 39.2 Å². The van der Waals surface area contributed by atoms with Crippen LogP contribution in [0.3, 0.4) is 0 Å². The number of carbonyl (C=O) groups excluding carboxylic acids is 1. The average molecular weight is 305 g/mol. The molecule has 0 bridgehead atoms. The van der Waals surface area contributed by atoms with Gasteiger partial charge in [0.1, 0.15) is 0 Å². The van der Waals surface area contributed by atoms with Gasteiger partial charge in [0.2, 0.25) is 5.24 Å². The lowest BCUT2D eigenvalue weighted by Crippen LogP contribution is -2.46. The predicted octanol–water partition coefficient (Wildman–Crippen LogP) is 2.09. The number of carbonyl (C=O) groups is 1. The quantitative estimate of drug-likeness (QED) is 0.469. The van der Waals surface area contributed by atoms with Gasteiger partial charge in [-0.05, 0) is 50.4 Å². The minimum atomic E-state index is -0.212. The van der Waals surface area contributed by atoms with Crippen molar-refractivity contribution >= 4 is 16.8 Å². The highest BCUT2D eigenvalue weighted by molar-refractivity contribution is 6.63. The highest BCUT2D eigenvalue weighted by Gasteiger charge is 2.15. The van der Waals surface area contributed by atoms with E-state index in [1.165, 1.54) is 19.4 Å². The molecule has 0 unspecified atom stereocenters. The van der Waals surface area contributed by atoms with Crippen molar-refractivity contribution in [3.63, 3.8) is 0 Å². The number of hydrogen-bond acceptors (Lipinski definition) is 4. The zero-order valence-electron chi connectivity index (χ0n) is 12.5. The van der Waals surface area contributed by atoms with Gasteiger partial charge in [-0.2, -0.15) is 0 Å². The van der Waals surface area contributed by atoms with Gasteiger partial charge in [0.15, 0.2) is 0 Å². The molecule has 1 aliphatic heterocycles. The number of halogens is 1. The third-order valence-electron chi connectivity index (χ3n) is 3.95. The molecule has 1 saturated heterocycles. The summed E-state index contributed by atoms with van der Waals surface area (Å²) < 4.78 is 0. The van der Waals surface area contributed by atoms with Gasteiger partial charge in [-0.15, -0.1) is 0 Å². The van der Waals surface area contributed by atoms with Crippen molar-refractivity contribution in [1.82, 2.24) is 9.80 Å². The lowest BCUT2D eigenvalue weighted by Gasteiger charge is -2.34. The molecular formula is C15H29ClN2O2. The van der Waals surface area contributed by atoms with Crippen LogP contribution in [0.2, 0.25) is 0 Å². The Morgan fingerprint density at radius 3 is 1.85 bits per heavy atom. The van der Waals surface area contributed by atoms with Crippen LogP contribution in [0.15, 0.2) is 0 Å². The van der Waals surface area contributed by atoms with Crippen LogP contribution in [-0.4, -0.2) is 66.0 Å². The van der Waals surface area contributed by atoms with Crippen molar-refractivity contribution in [3.05, 3.63) is 0 Å². The number of piperazine rings is 1. The molecule has 1 fully saturated rings. The molecule has 0 aliphatic carbocycles. The fourth-order valence-electron chi connectivity index (χ4n) is 2.64. The molecule has 1 rings (SSSR count). The summed E-state index contributed by atoms with van der Waals surface area (Å²) in [5.41, 5.74) is 0. The second-order valence-corrected chi connectivity index (χ2v) is 6.05. The molecule has 5 heteroatoms. The standard InChI is InChI=1S/C15H29ClN2O2/c16-15(20)7-3-5-9-18-12-10-17(11-13-18)8-4-1-2-6-14-19/h19H,1-14H2. The molecule has 0 radical (unpaired) electrons. The van der Waals surface area contributed by atoms with E-state index in [0.29, 0.717) is 13.0 Å². The van der Waals surface area contributed by atoms with Crippen LogP contribution in [0.5, 0.6) is 0 Å². The molecule has 1 heterocycles. The van der Waals surface area contributed by atoms with E-state index < -0.39 is 0 Å². The number of aliphatic hydroxyl groups excluding tert-OH is 1. The molecule has 20 heavy (non-hydrogen) atoms. The third-order valence-corrected chi connectivity index (χ3v) is 4.13. The van der Waals surface area contributed by atoms with E-state index in [0.717, 1.165) is 58.4 Å². The molecule has 1 N–H and O–H groups in total. The van der Waals surface area contributed by atoms with Crippen molar-refractivity contribution in [2.75, 3.05) is 45.9 Å². The van der Waals surface area contributed by atoms with Crippen LogP contribution >= 0.6 is 11.6 Å². The number of nitrogens with zero attached hydrogens (tertiary/aromatic N) is 2. The highest BCUT2D eigenvalue weighted by Crippen LogP contribution is 2.08. The van der Waals surface area contributed by atoms with E-state index in [1.54, 1.807) is 0 Å². The van der Waals surface area contributed by atoms with Crippen LogP contribution in [0.4, 0.5) is 0 Å². The van der Waals surface area contributed by atoms with Gasteiger partial charge in [-0.25, -0.2) is 0 Å². The Morgan fingerprint density at radius 2 is 1.35 bits per heavy atom. The predicted molar refractivity (Wildman–Crippen MR) is 83.1 cm³/mol. The Balaban J connectivity index is 1.95. The Labute approximate surface area is 128 Å². The summed E-state index contributed by atoms with van der Waals surface area (Å²) in [5, 5.41) is 8.51. The summed E-state index contributed by atoms with van der Waals surface area (Å²) in [6, 6.07) is 0. The van der Waals surface area contributed by atoms with Crippen LogP contribution in [-0.2, 0) is 4.79 Å². The van der Waals surface area contributed by atoms with Crippen LogP contribution in [0, 0.1) is 0 Å². The van der Waals surface area contributed by atoms with Gasteiger partial charge in [-0.1, -0.05) is 12.8 Å². The normalized spacial score (nSPS) is 17.5. The molecule has 0 atom stereocenters. The summed E-state index contributed by atoms with van der Waals surface area (Å²) in [6.07, 6.45) is 7.06. The van der Waals surface area contributed by atoms with Crippen molar-refractivity contribution in [1.29, 1.82) is 0 Å². The average Bonchev–Trinajstić information content (AvgIpc) is 2.44. The first-order chi connectivity index (χ1) is 9.72. The minimum absolute atomic E-state index is 0.212. The largest absolute Gasteiger partial charge is 0.396 e. The summed E-state index contributed by atoms with van der Waals surface area (Å²) >= 11 is 5.33. The summed E-state index contributed by atoms with van der Waals surface area (Å²) in [4.78, 5) is 15.7. The fourth-order valence-corrected chi connectivity index (χ4v) is 2.77. The third kappa shape index (κ3) is 8.90. The van der Waals surface area contributed by atoms with Crippen molar-refractivity contribution in [2.45, 2.75) is 44.9 Å². The summed E-state index contributed by atoms with van der Waals surface area (Å²) in [6.45, 7) is 7.22. The second-order valence-electron chi connectivity index (χ2n) is 5.63. The molecule has 4 nitrogen and oxygen atoms in total. The van der Waals surface area contributed by atoms with Gasteiger partial charge in [-0.3, -0.25) is 4.79 Å². The van der Waals surface area contributed by atoms with E-state index >= 15 is 0 Å². The van der Waals surface area contributed by atoms with Crippen LogP contribution in [0.25, 0.3) is 0 Å². The Bertz CT molecular complexity index is 256. The summed E-state index contributed by atoms with van der Waals surface area (Å²) in [5.74, 6) is 0. The van der Waals surface area contributed by atoms with Gasteiger partial charge in [0.05, 0.1) is 0 Å². The molecule has 0 aromatic rings. The lowest BCUT2D eigenvalue weighted by atomic mass is 10.2. The molecule has 0 saturated carbocycles. The van der Waals surface area contributed by atoms with Gasteiger partial charge in [0.25, 0.3) is 0 Å². The van der Waals surface area contributed by atoms with Gasteiger partial charge >= 0.3 is 0 Å². The number of unbranched alkanes of at least 4 members (excludes halogenated alkanes) is 4.